The molecule has 0 spiro atoms. The van der Waals surface area contributed by atoms with E-state index in [0.717, 1.165) is 18.8 Å². The number of anilines is 1. The van der Waals surface area contributed by atoms with Crippen molar-refractivity contribution in [1.29, 1.82) is 0 Å². The average Bonchev–Trinajstić information content (AvgIpc) is 3.04. The number of hydrogen-bond acceptors (Lipinski definition) is 7. The molecule has 1 aromatic carbocycles. The van der Waals surface area contributed by atoms with Gasteiger partial charge in [-0.25, -0.2) is 0 Å². The molecule has 0 N–H and O–H groups in total. The Balaban J connectivity index is 1.80. The summed E-state index contributed by atoms with van der Waals surface area (Å²) >= 11 is 6.23. The molecule has 0 radical (unpaired) electrons. The van der Waals surface area contributed by atoms with Gasteiger partial charge in [0.2, 0.25) is 11.8 Å². The first-order valence-corrected chi connectivity index (χ1v) is 8.15. The highest BCUT2D eigenvalue weighted by Gasteiger charge is 2.17. The Kier molecular flexibility index (Phi) is 5.32. The zero-order chi connectivity index (χ0) is 16.9. The Bertz CT molecular complexity index is 713. The number of ether oxygens (including phenoxy) is 2. The van der Waals surface area contributed by atoms with Crippen LogP contribution in [0.3, 0.4) is 0 Å². The van der Waals surface area contributed by atoms with Gasteiger partial charge in [0, 0.05) is 29.4 Å². The van der Waals surface area contributed by atoms with Crippen LogP contribution in [0.5, 0.6) is 0 Å². The fraction of sp³-hybridized carbons (Fsp3) is 0.438. The first kappa shape index (κ1) is 16.7. The summed E-state index contributed by atoms with van der Waals surface area (Å²) in [5.74, 6) is 0.149. The SMILES string of the molecule is CCOC(=O)Cc1nnc(-c2cc(Cl)cc(N3CCOCC3)c2)o1. The Labute approximate surface area is 144 Å². The topological polar surface area (TPSA) is 77.7 Å². The number of carbonyl (C=O) groups excluding carboxylic acids is 1. The number of halogens is 1. The molecule has 1 aliphatic rings. The second-order valence-electron chi connectivity index (χ2n) is 5.28. The fourth-order valence-corrected chi connectivity index (χ4v) is 2.71. The zero-order valence-electron chi connectivity index (χ0n) is 13.3. The number of hydrogen-bond donors (Lipinski definition) is 0. The van der Waals surface area contributed by atoms with Crippen LogP contribution in [0.25, 0.3) is 11.5 Å². The van der Waals surface area contributed by atoms with Crippen molar-refractivity contribution in [3.8, 4) is 11.5 Å². The normalized spacial score (nSPS) is 14.7. The monoisotopic (exact) mass is 351 g/mol. The summed E-state index contributed by atoms with van der Waals surface area (Å²) in [6, 6.07) is 5.60. The molecule has 2 aromatic rings. The predicted molar refractivity (Wildman–Crippen MR) is 88.1 cm³/mol. The molecule has 8 heteroatoms. The first-order chi connectivity index (χ1) is 11.7. The minimum absolute atomic E-state index is 0.0439. The van der Waals surface area contributed by atoms with Gasteiger partial charge < -0.3 is 18.8 Å². The summed E-state index contributed by atoms with van der Waals surface area (Å²) in [6.07, 6.45) is -0.0439. The van der Waals surface area contributed by atoms with Gasteiger partial charge in [-0.15, -0.1) is 10.2 Å². The quantitative estimate of drug-likeness (QED) is 0.765. The standard InChI is InChI=1S/C16H18ClN3O4/c1-2-23-15(21)10-14-18-19-16(24-14)11-7-12(17)9-13(8-11)20-3-5-22-6-4-20/h7-9H,2-6,10H2,1H3. The van der Waals surface area contributed by atoms with E-state index in [1.54, 1.807) is 13.0 Å². The van der Waals surface area contributed by atoms with E-state index in [-0.39, 0.29) is 12.3 Å². The molecule has 1 fully saturated rings. The second kappa shape index (κ2) is 7.63. The molecule has 7 nitrogen and oxygen atoms in total. The van der Waals surface area contributed by atoms with Gasteiger partial charge in [-0.05, 0) is 25.1 Å². The maximum absolute atomic E-state index is 11.5. The van der Waals surface area contributed by atoms with Crippen molar-refractivity contribution < 1.29 is 18.7 Å². The molecule has 1 aromatic heterocycles. The summed E-state index contributed by atoms with van der Waals surface area (Å²) in [6.45, 7) is 5.04. The number of aromatic nitrogens is 2. The van der Waals surface area contributed by atoms with Crippen LogP contribution in [0, 0.1) is 0 Å². The smallest absolute Gasteiger partial charge is 0.315 e. The molecule has 0 atom stereocenters. The summed E-state index contributed by atoms with van der Waals surface area (Å²) in [5.41, 5.74) is 1.69. The van der Waals surface area contributed by atoms with E-state index in [1.807, 2.05) is 12.1 Å². The molecule has 0 saturated carbocycles. The van der Waals surface area contributed by atoms with Crippen molar-refractivity contribution in [1.82, 2.24) is 10.2 Å². The van der Waals surface area contributed by atoms with Gasteiger partial charge >= 0.3 is 5.97 Å². The average molecular weight is 352 g/mol. The van der Waals surface area contributed by atoms with Gasteiger partial charge in [-0.2, -0.15) is 0 Å². The predicted octanol–water partition coefficient (Wildman–Crippen LogP) is 2.33. The van der Waals surface area contributed by atoms with Crippen molar-refractivity contribution in [3.63, 3.8) is 0 Å². The molecule has 0 amide bonds. The second-order valence-corrected chi connectivity index (χ2v) is 5.72. The maximum Gasteiger partial charge on any atom is 0.315 e. The van der Waals surface area contributed by atoms with Gasteiger partial charge in [0.15, 0.2) is 0 Å². The molecular weight excluding hydrogens is 334 g/mol. The minimum atomic E-state index is -0.396. The third kappa shape index (κ3) is 4.04. The molecule has 0 unspecified atom stereocenters. The van der Waals surface area contributed by atoms with Crippen molar-refractivity contribution in [2.45, 2.75) is 13.3 Å². The van der Waals surface area contributed by atoms with E-state index in [0.29, 0.717) is 36.3 Å². The molecule has 128 valence electrons. The van der Waals surface area contributed by atoms with E-state index in [1.165, 1.54) is 0 Å². The van der Waals surface area contributed by atoms with Crippen LogP contribution in [0.15, 0.2) is 22.6 Å². The lowest BCUT2D eigenvalue weighted by Crippen LogP contribution is -2.36. The molecule has 0 aliphatic carbocycles. The highest BCUT2D eigenvalue weighted by Crippen LogP contribution is 2.29. The van der Waals surface area contributed by atoms with Crippen LogP contribution in [0.2, 0.25) is 5.02 Å². The van der Waals surface area contributed by atoms with Crippen LogP contribution in [-0.2, 0) is 20.7 Å². The van der Waals surface area contributed by atoms with Gasteiger partial charge in [0.25, 0.3) is 0 Å². The number of nitrogens with zero attached hydrogens (tertiary/aromatic N) is 3. The van der Waals surface area contributed by atoms with E-state index in [2.05, 4.69) is 15.1 Å². The van der Waals surface area contributed by atoms with Crippen molar-refractivity contribution >= 4 is 23.3 Å². The van der Waals surface area contributed by atoms with Crippen LogP contribution in [0.4, 0.5) is 5.69 Å². The minimum Gasteiger partial charge on any atom is -0.466 e. The summed E-state index contributed by atoms with van der Waals surface area (Å²) in [4.78, 5) is 13.7. The van der Waals surface area contributed by atoms with Gasteiger partial charge in [0.1, 0.15) is 6.42 Å². The van der Waals surface area contributed by atoms with Gasteiger partial charge in [-0.3, -0.25) is 4.79 Å². The molecule has 3 rings (SSSR count). The zero-order valence-corrected chi connectivity index (χ0v) is 14.1. The largest absolute Gasteiger partial charge is 0.466 e. The Morgan fingerprint density at radius 3 is 2.83 bits per heavy atom. The van der Waals surface area contributed by atoms with E-state index in [9.17, 15) is 4.79 Å². The Hall–Kier alpha value is -2.12. The van der Waals surface area contributed by atoms with E-state index >= 15 is 0 Å². The number of esters is 1. The summed E-state index contributed by atoms with van der Waals surface area (Å²) in [5, 5.41) is 8.48. The lowest BCUT2D eigenvalue weighted by molar-refractivity contribution is -0.142. The summed E-state index contributed by atoms with van der Waals surface area (Å²) < 4.78 is 15.8. The maximum atomic E-state index is 11.5. The molecule has 1 saturated heterocycles. The van der Waals surface area contributed by atoms with Crippen LogP contribution >= 0.6 is 11.6 Å². The third-order valence-electron chi connectivity index (χ3n) is 3.57. The highest BCUT2D eigenvalue weighted by molar-refractivity contribution is 6.31. The van der Waals surface area contributed by atoms with Crippen molar-refractivity contribution in [3.05, 3.63) is 29.1 Å². The lowest BCUT2D eigenvalue weighted by Gasteiger charge is -2.29. The number of morpholine rings is 1. The molecule has 0 bridgehead atoms. The lowest BCUT2D eigenvalue weighted by atomic mass is 10.1. The molecule has 24 heavy (non-hydrogen) atoms. The van der Waals surface area contributed by atoms with Crippen molar-refractivity contribution in [2.75, 3.05) is 37.8 Å². The van der Waals surface area contributed by atoms with Gasteiger partial charge in [-0.1, -0.05) is 11.6 Å². The van der Waals surface area contributed by atoms with Crippen LogP contribution in [0.1, 0.15) is 12.8 Å². The third-order valence-corrected chi connectivity index (χ3v) is 3.79. The van der Waals surface area contributed by atoms with Crippen LogP contribution < -0.4 is 4.90 Å². The fourth-order valence-electron chi connectivity index (χ4n) is 2.48. The molecule has 1 aliphatic heterocycles. The van der Waals surface area contributed by atoms with Crippen LogP contribution in [-0.4, -0.2) is 49.1 Å². The highest BCUT2D eigenvalue weighted by atomic mass is 35.5. The number of rotatable bonds is 5. The first-order valence-electron chi connectivity index (χ1n) is 7.77. The molecule has 2 heterocycles. The van der Waals surface area contributed by atoms with E-state index < -0.39 is 5.97 Å². The van der Waals surface area contributed by atoms with Crippen molar-refractivity contribution in [2.24, 2.45) is 0 Å². The molecular formula is C16H18ClN3O4. The van der Waals surface area contributed by atoms with Gasteiger partial charge in [0.05, 0.1) is 19.8 Å². The Morgan fingerprint density at radius 2 is 2.08 bits per heavy atom. The summed E-state index contributed by atoms with van der Waals surface area (Å²) in [7, 11) is 0. The number of benzene rings is 1. The van der Waals surface area contributed by atoms with E-state index in [4.69, 9.17) is 25.5 Å². The number of carbonyl (C=O) groups is 1. The Morgan fingerprint density at radius 1 is 1.29 bits per heavy atom.